The van der Waals surface area contributed by atoms with E-state index in [0.29, 0.717) is 23.7 Å². The average molecular weight is 288 g/mol. The van der Waals surface area contributed by atoms with Crippen LogP contribution in [0.3, 0.4) is 0 Å². The van der Waals surface area contributed by atoms with Crippen molar-refractivity contribution in [1.82, 2.24) is 5.32 Å². The Balaban J connectivity index is 3.07. The molecule has 0 fully saturated rings. The van der Waals surface area contributed by atoms with Gasteiger partial charge in [0.15, 0.2) is 0 Å². The number of hydrogen-bond donors (Lipinski definition) is 1. The maximum absolute atomic E-state index is 13.1. The summed E-state index contributed by atoms with van der Waals surface area (Å²) in [5.74, 6) is 0.399. The highest BCUT2D eigenvalue weighted by Gasteiger charge is 2.33. The van der Waals surface area contributed by atoms with Gasteiger partial charge in [0.2, 0.25) is 0 Å². The Kier molecular flexibility index (Phi) is 5.87. The third-order valence-electron chi connectivity index (χ3n) is 3.04. The molecule has 2 nitrogen and oxygen atoms in total. The summed E-state index contributed by atoms with van der Waals surface area (Å²) >= 11 is 0. The molecule has 1 aromatic rings. The smallest absolute Gasteiger partial charge is 0.374 e. The molecule has 1 aromatic carbocycles. The third-order valence-corrected chi connectivity index (χ3v) is 3.04. The minimum Gasteiger partial charge on any atom is -0.374 e. The van der Waals surface area contributed by atoms with E-state index in [2.05, 4.69) is 5.32 Å². The number of anilines is 1. The van der Waals surface area contributed by atoms with Crippen LogP contribution in [-0.4, -0.2) is 20.1 Å². The summed E-state index contributed by atoms with van der Waals surface area (Å²) in [5, 5.41) is 2.94. The van der Waals surface area contributed by atoms with E-state index in [4.69, 9.17) is 0 Å². The summed E-state index contributed by atoms with van der Waals surface area (Å²) in [6, 6.07) is 4.57. The molecule has 0 saturated heterocycles. The van der Waals surface area contributed by atoms with Gasteiger partial charge in [-0.3, -0.25) is 0 Å². The van der Waals surface area contributed by atoms with Crippen LogP contribution in [0.25, 0.3) is 0 Å². The summed E-state index contributed by atoms with van der Waals surface area (Å²) in [7, 11) is 1.82. The van der Waals surface area contributed by atoms with E-state index in [1.165, 1.54) is 6.07 Å². The van der Waals surface area contributed by atoms with E-state index in [-0.39, 0.29) is 6.54 Å². The lowest BCUT2D eigenvalue weighted by Gasteiger charge is -2.23. The Morgan fingerprint density at radius 1 is 1.25 bits per heavy atom. The predicted molar refractivity (Wildman–Crippen MR) is 76.9 cm³/mol. The van der Waals surface area contributed by atoms with Crippen LogP contribution >= 0.6 is 0 Å². The Bertz CT molecular complexity index is 428. The fraction of sp³-hybridized carbons (Fsp3) is 0.600. The largest absolute Gasteiger partial charge is 0.416 e. The van der Waals surface area contributed by atoms with Crippen LogP contribution in [0.2, 0.25) is 0 Å². The molecule has 0 unspecified atom stereocenters. The monoisotopic (exact) mass is 288 g/mol. The Hall–Kier alpha value is -1.23. The SMILES string of the molecule is CCNCc1ccc(N(C)CC(C)C)cc1C(F)(F)F. The third kappa shape index (κ3) is 4.71. The van der Waals surface area contributed by atoms with Gasteiger partial charge >= 0.3 is 6.18 Å². The maximum Gasteiger partial charge on any atom is 0.416 e. The molecule has 0 atom stereocenters. The maximum atomic E-state index is 13.1. The highest BCUT2D eigenvalue weighted by Crippen LogP contribution is 2.34. The molecule has 0 aliphatic rings. The van der Waals surface area contributed by atoms with Crippen LogP contribution in [0.15, 0.2) is 18.2 Å². The zero-order valence-corrected chi connectivity index (χ0v) is 12.5. The predicted octanol–water partition coefficient (Wildman–Crippen LogP) is 3.91. The van der Waals surface area contributed by atoms with Crippen LogP contribution < -0.4 is 10.2 Å². The second-order valence-electron chi connectivity index (χ2n) is 5.39. The van der Waals surface area contributed by atoms with Gasteiger partial charge in [0.1, 0.15) is 0 Å². The Morgan fingerprint density at radius 2 is 1.90 bits per heavy atom. The van der Waals surface area contributed by atoms with Gasteiger partial charge in [-0.25, -0.2) is 0 Å². The van der Waals surface area contributed by atoms with Crippen molar-refractivity contribution in [1.29, 1.82) is 0 Å². The van der Waals surface area contributed by atoms with Gasteiger partial charge in [-0.05, 0) is 30.2 Å². The van der Waals surface area contributed by atoms with Gasteiger partial charge in [0.05, 0.1) is 5.56 Å². The molecule has 0 saturated carbocycles. The summed E-state index contributed by atoms with van der Waals surface area (Å²) in [6.07, 6.45) is -4.32. The number of hydrogen-bond acceptors (Lipinski definition) is 2. The number of rotatable bonds is 6. The van der Waals surface area contributed by atoms with Gasteiger partial charge in [0.25, 0.3) is 0 Å². The van der Waals surface area contributed by atoms with Gasteiger partial charge in [-0.15, -0.1) is 0 Å². The molecule has 0 heterocycles. The van der Waals surface area contributed by atoms with Crippen LogP contribution in [0.5, 0.6) is 0 Å². The van der Waals surface area contributed by atoms with Gasteiger partial charge < -0.3 is 10.2 Å². The van der Waals surface area contributed by atoms with Crippen molar-refractivity contribution in [3.8, 4) is 0 Å². The van der Waals surface area contributed by atoms with Crippen molar-refractivity contribution in [3.05, 3.63) is 29.3 Å². The molecule has 0 bridgehead atoms. The quantitative estimate of drug-likeness (QED) is 0.854. The van der Waals surface area contributed by atoms with Gasteiger partial charge in [0, 0.05) is 25.8 Å². The molecule has 0 aromatic heterocycles. The molecular weight excluding hydrogens is 265 g/mol. The lowest BCUT2D eigenvalue weighted by Crippen LogP contribution is -2.24. The topological polar surface area (TPSA) is 15.3 Å². The molecule has 1 rings (SSSR count). The fourth-order valence-electron chi connectivity index (χ4n) is 2.13. The second-order valence-corrected chi connectivity index (χ2v) is 5.39. The molecular formula is C15H23F3N2. The highest BCUT2D eigenvalue weighted by molar-refractivity contribution is 5.51. The van der Waals surface area contributed by atoms with Crippen molar-refractivity contribution in [2.75, 3.05) is 25.0 Å². The molecule has 0 aliphatic carbocycles. The average Bonchev–Trinajstić information content (AvgIpc) is 2.34. The van der Waals surface area contributed by atoms with Crippen molar-refractivity contribution < 1.29 is 13.2 Å². The van der Waals surface area contributed by atoms with Crippen molar-refractivity contribution in [2.24, 2.45) is 5.92 Å². The highest BCUT2D eigenvalue weighted by atomic mass is 19.4. The number of alkyl halides is 3. The molecule has 114 valence electrons. The van der Waals surface area contributed by atoms with Crippen molar-refractivity contribution in [3.63, 3.8) is 0 Å². The first kappa shape index (κ1) is 16.8. The van der Waals surface area contributed by atoms with Gasteiger partial charge in [-0.2, -0.15) is 13.2 Å². The number of nitrogens with zero attached hydrogens (tertiary/aromatic N) is 1. The summed E-state index contributed by atoms with van der Waals surface area (Å²) < 4.78 is 39.4. The van der Waals surface area contributed by atoms with Crippen LogP contribution in [0.1, 0.15) is 31.9 Å². The minimum atomic E-state index is -4.32. The van der Waals surface area contributed by atoms with E-state index >= 15 is 0 Å². The van der Waals surface area contributed by atoms with E-state index in [9.17, 15) is 13.2 Å². The summed E-state index contributed by atoms with van der Waals surface area (Å²) in [5.41, 5.74) is 0.346. The molecule has 1 N–H and O–H groups in total. The van der Waals surface area contributed by atoms with Crippen LogP contribution in [-0.2, 0) is 12.7 Å². The first-order valence-electron chi connectivity index (χ1n) is 6.87. The van der Waals surface area contributed by atoms with Crippen molar-refractivity contribution >= 4 is 5.69 Å². The first-order valence-corrected chi connectivity index (χ1v) is 6.87. The van der Waals surface area contributed by atoms with Crippen LogP contribution in [0, 0.1) is 5.92 Å². The second kappa shape index (κ2) is 6.97. The molecule has 0 spiro atoms. The molecule has 0 aliphatic heterocycles. The normalized spacial score (nSPS) is 12.0. The zero-order valence-electron chi connectivity index (χ0n) is 12.5. The lowest BCUT2D eigenvalue weighted by atomic mass is 10.0. The lowest BCUT2D eigenvalue weighted by molar-refractivity contribution is -0.138. The van der Waals surface area contributed by atoms with E-state index in [1.54, 1.807) is 12.1 Å². The Morgan fingerprint density at radius 3 is 2.40 bits per heavy atom. The Labute approximate surface area is 119 Å². The molecule has 0 radical (unpaired) electrons. The minimum absolute atomic E-state index is 0.236. The standard InChI is InChI=1S/C15H23F3N2/c1-5-19-9-12-6-7-13(20(4)10-11(2)3)8-14(12)15(16,17)18/h6-8,11,19H,5,9-10H2,1-4H3. The van der Waals surface area contributed by atoms with Crippen LogP contribution in [0.4, 0.5) is 18.9 Å². The zero-order chi connectivity index (χ0) is 15.3. The molecule has 5 heteroatoms. The fourth-order valence-corrected chi connectivity index (χ4v) is 2.13. The number of nitrogens with one attached hydrogen (secondary N) is 1. The summed E-state index contributed by atoms with van der Waals surface area (Å²) in [4.78, 5) is 1.86. The van der Waals surface area contributed by atoms with E-state index < -0.39 is 11.7 Å². The van der Waals surface area contributed by atoms with Gasteiger partial charge in [-0.1, -0.05) is 26.8 Å². The number of benzene rings is 1. The summed E-state index contributed by atoms with van der Waals surface area (Å²) in [6.45, 7) is 7.56. The van der Waals surface area contributed by atoms with Crippen molar-refractivity contribution in [2.45, 2.75) is 33.5 Å². The van der Waals surface area contributed by atoms with E-state index in [0.717, 1.165) is 6.54 Å². The van der Waals surface area contributed by atoms with E-state index in [1.807, 2.05) is 32.7 Å². The molecule has 0 amide bonds. The first-order chi connectivity index (χ1) is 9.25. The molecule has 20 heavy (non-hydrogen) atoms. The number of halogens is 3.